The van der Waals surface area contributed by atoms with E-state index in [0.29, 0.717) is 18.1 Å². The molecule has 1 unspecified atom stereocenters. The minimum Gasteiger partial charge on any atom is -0.492 e. The van der Waals surface area contributed by atoms with Gasteiger partial charge in [-0.15, -0.1) is 0 Å². The van der Waals surface area contributed by atoms with Gasteiger partial charge in [-0.3, -0.25) is 4.79 Å². The normalized spacial score (nSPS) is 16.6. The van der Waals surface area contributed by atoms with Gasteiger partial charge in [-0.1, -0.05) is 29.8 Å². The van der Waals surface area contributed by atoms with Crippen molar-refractivity contribution in [2.24, 2.45) is 5.92 Å². The zero-order valence-electron chi connectivity index (χ0n) is 12.7. The summed E-state index contributed by atoms with van der Waals surface area (Å²) in [6, 6.07) is 11.5. The van der Waals surface area contributed by atoms with Crippen LogP contribution in [0, 0.1) is 19.8 Å². The van der Waals surface area contributed by atoms with Crippen molar-refractivity contribution in [3.8, 4) is 5.75 Å². The number of benzene rings is 2. The second-order valence-electron chi connectivity index (χ2n) is 5.72. The highest BCUT2D eigenvalue weighted by molar-refractivity contribution is 6.30. The minimum atomic E-state index is -0.204. The number of aryl methyl sites for hydroxylation is 2. The number of anilines is 1. The van der Waals surface area contributed by atoms with Gasteiger partial charge in [0.05, 0.1) is 5.92 Å². The maximum absolute atomic E-state index is 12.5. The minimum absolute atomic E-state index is 0.0111. The van der Waals surface area contributed by atoms with Crippen molar-refractivity contribution in [3.05, 3.63) is 58.1 Å². The average Bonchev–Trinajstić information content (AvgIpc) is 2.50. The van der Waals surface area contributed by atoms with E-state index in [9.17, 15) is 4.79 Å². The predicted molar refractivity (Wildman–Crippen MR) is 88.7 cm³/mol. The van der Waals surface area contributed by atoms with Crippen LogP contribution < -0.4 is 10.1 Å². The van der Waals surface area contributed by atoms with Crippen LogP contribution in [0.1, 0.15) is 16.7 Å². The van der Waals surface area contributed by atoms with Crippen LogP contribution in [0.2, 0.25) is 5.02 Å². The summed E-state index contributed by atoms with van der Waals surface area (Å²) in [6.07, 6.45) is 0.645. The molecule has 0 radical (unpaired) electrons. The monoisotopic (exact) mass is 315 g/mol. The summed E-state index contributed by atoms with van der Waals surface area (Å²) in [5.74, 6) is 0.605. The van der Waals surface area contributed by atoms with Crippen LogP contribution in [0.4, 0.5) is 5.69 Å². The zero-order valence-corrected chi connectivity index (χ0v) is 13.4. The first kappa shape index (κ1) is 14.9. The van der Waals surface area contributed by atoms with Crippen LogP contribution in [-0.4, -0.2) is 12.5 Å². The average molecular weight is 316 g/mol. The van der Waals surface area contributed by atoms with Gasteiger partial charge in [0, 0.05) is 10.7 Å². The molecule has 2 aromatic carbocycles. The Morgan fingerprint density at radius 3 is 2.68 bits per heavy atom. The molecule has 1 aliphatic rings. The van der Waals surface area contributed by atoms with Crippen molar-refractivity contribution in [1.82, 2.24) is 0 Å². The largest absolute Gasteiger partial charge is 0.492 e. The zero-order chi connectivity index (χ0) is 15.7. The molecule has 3 nitrogen and oxygen atoms in total. The van der Waals surface area contributed by atoms with Gasteiger partial charge in [-0.2, -0.15) is 0 Å². The van der Waals surface area contributed by atoms with Gasteiger partial charge >= 0.3 is 0 Å². The first-order valence-corrected chi connectivity index (χ1v) is 7.70. The highest BCUT2D eigenvalue weighted by Gasteiger charge is 2.26. The number of rotatable bonds is 2. The van der Waals surface area contributed by atoms with E-state index in [0.717, 1.165) is 28.1 Å². The third kappa shape index (κ3) is 2.95. The Morgan fingerprint density at radius 2 is 1.95 bits per heavy atom. The summed E-state index contributed by atoms with van der Waals surface area (Å²) in [7, 11) is 0. The molecule has 0 saturated carbocycles. The number of halogens is 1. The first-order chi connectivity index (χ1) is 10.5. The second-order valence-corrected chi connectivity index (χ2v) is 6.16. The summed E-state index contributed by atoms with van der Waals surface area (Å²) in [5, 5.41) is 3.71. The number of amides is 1. The van der Waals surface area contributed by atoms with Gasteiger partial charge in [0.1, 0.15) is 12.4 Å². The Kier molecular flexibility index (Phi) is 4.08. The van der Waals surface area contributed by atoms with Crippen molar-refractivity contribution in [2.45, 2.75) is 20.3 Å². The van der Waals surface area contributed by atoms with E-state index >= 15 is 0 Å². The number of para-hydroxylation sites is 1. The first-order valence-electron chi connectivity index (χ1n) is 7.33. The van der Waals surface area contributed by atoms with Crippen molar-refractivity contribution < 1.29 is 9.53 Å². The van der Waals surface area contributed by atoms with E-state index in [2.05, 4.69) is 5.32 Å². The second kappa shape index (κ2) is 6.01. The van der Waals surface area contributed by atoms with Crippen LogP contribution in [-0.2, 0) is 11.2 Å². The Morgan fingerprint density at radius 1 is 1.23 bits per heavy atom. The number of carbonyl (C=O) groups is 1. The van der Waals surface area contributed by atoms with E-state index in [1.807, 2.05) is 44.2 Å². The predicted octanol–water partition coefficient (Wildman–Crippen LogP) is 4.15. The molecule has 1 amide bonds. The number of carbonyl (C=O) groups excluding carboxylic acids is 1. The van der Waals surface area contributed by atoms with Gasteiger partial charge in [0.15, 0.2) is 0 Å². The quantitative estimate of drug-likeness (QED) is 0.904. The van der Waals surface area contributed by atoms with Crippen molar-refractivity contribution in [3.63, 3.8) is 0 Å². The van der Waals surface area contributed by atoms with Crippen LogP contribution in [0.3, 0.4) is 0 Å². The Balaban J connectivity index is 1.77. The van der Waals surface area contributed by atoms with E-state index in [1.165, 1.54) is 0 Å². The summed E-state index contributed by atoms with van der Waals surface area (Å²) in [5.41, 5.74) is 4.01. The van der Waals surface area contributed by atoms with Crippen molar-refractivity contribution in [1.29, 1.82) is 0 Å². The van der Waals surface area contributed by atoms with Gasteiger partial charge in [0.25, 0.3) is 0 Å². The third-order valence-corrected chi connectivity index (χ3v) is 4.26. The van der Waals surface area contributed by atoms with Gasteiger partial charge < -0.3 is 10.1 Å². The van der Waals surface area contributed by atoms with Crippen molar-refractivity contribution >= 4 is 23.2 Å². The summed E-state index contributed by atoms with van der Waals surface area (Å²) >= 11 is 6.02. The summed E-state index contributed by atoms with van der Waals surface area (Å²) in [6.45, 7) is 4.38. The molecule has 4 heteroatoms. The van der Waals surface area contributed by atoms with E-state index in [4.69, 9.17) is 16.3 Å². The Bertz CT molecular complexity index is 707. The summed E-state index contributed by atoms with van der Waals surface area (Å²) in [4.78, 5) is 12.5. The molecule has 114 valence electrons. The molecular formula is C18H18ClNO2. The molecule has 3 rings (SSSR count). The number of ether oxygens (including phenoxy) is 1. The standard InChI is InChI=1S/C18H18ClNO2/c1-11-4-3-5-12(2)17(11)20-18(21)14-8-13-9-15(19)6-7-16(13)22-10-14/h3-7,9,14H,8,10H2,1-2H3,(H,20,21). The molecule has 0 bridgehead atoms. The topological polar surface area (TPSA) is 38.3 Å². The molecule has 0 saturated heterocycles. The fourth-order valence-corrected chi connectivity index (χ4v) is 2.96. The molecule has 1 N–H and O–H groups in total. The SMILES string of the molecule is Cc1cccc(C)c1NC(=O)C1COc2ccc(Cl)cc2C1. The molecule has 0 fully saturated rings. The fraction of sp³-hybridized carbons (Fsp3) is 0.278. The molecule has 0 aliphatic carbocycles. The van der Waals surface area contributed by atoms with E-state index in [-0.39, 0.29) is 11.8 Å². The molecule has 1 atom stereocenters. The van der Waals surface area contributed by atoms with Gasteiger partial charge in [0.2, 0.25) is 5.91 Å². The molecule has 2 aromatic rings. The third-order valence-electron chi connectivity index (χ3n) is 4.03. The van der Waals surface area contributed by atoms with Gasteiger partial charge in [-0.05, 0) is 55.2 Å². The number of hydrogen-bond donors (Lipinski definition) is 1. The Labute approximate surface area is 135 Å². The van der Waals surface area contributed by atoms with E-state index in [1.54, 1.807) is 6.07 Å². The van der Waals surface area contributed by atoms with Crippen LogP contribution in [0.25, 0.3) is 0 Å². The molecule has 0 spiro atoms. The lowest BCUT2D eigenvalue weighted by Crippen LogP contribution is -2.33. The number of fused-ring (bicyclic) bond motifs is 1. The lowest BCUT2D eigenvalue weighted by molar-refractivity contribution is -0.121. The molecular weight excluding hydrogens is 298 g/mol. The molecule has 1 heterocycles. The smallest absolute Gasteiger partial charge is 0.231 e. The lowest BCUT2D eigenvalue weighted by Gasteiger charge is -2.25. The van der Waals surface area contributed by atoms with Crippen molar-refractivity contribution in [2.75, 3.05) is 11.9 Å². The number of hydrogen-bond acceptors (Lipinski definition) is 2. The Hall–Kier alpha value is -2.00. The molecule has 22 heavy (non-hydrogen) atoms. The maximum atomic E-state index is 12.5. The lowest BCUT2D eigenvalue weighted by atomic mass is 9.95. The highest BCUT2D eigenvalue weighted by Crippen LogP contribution is 2.30. The summed E-state index contributed by atoms with van der Waals surface area (Å²) < 4.78 is 5.69. The molecule has 1 aliphatic heterocycles. The van der Waals surface area contributed by atoms with E-state index < -0.39 is 0 Å². The van der Waals surface area contributed by atoms with Gasteiger partial charge in [-0.25, -0.2) is 0 Å². The maximum Gasteiger partial charge on any atom is 0.231 e. The molecule has 0 aromatic heterocycles. The van der Waals surface area contributed by atoms with Crippen LogP contribution >= 0.6 is 11.6 Å². The van der Waals surface area contributed by atoms with Crippen LogP contribution in [0.15, 0.2) is 36.4 Å². The fourth-order valence-electron chi connectivity index (χ4n) is 2.77. The van der Waals surface area contributed by atoms with Crippen LogP contribution in [0.5, 0.6) is 5.75 Å². The number of nitrogens with one attached hydrogen (secondary N) is 1. The highest BCUT2D eigenvalue weighted by atomic mass is 35.5.